The molecule has 0 saturated carbocycles. The van der Waals surface area contributed by atoms with Gasteiger partial charge in [-0.05, 0) is 55.9 Å². The quantitative estimate of drug-likeness (QED) is 0.516. The lowest BCUT2D eigenvalue weighted by Crippen LogP contribution is -2.40. The molecule has 0 bridgehead atoms. The fourth-order valence-corrected chi connectivity index (χ4v) is 4.30. The Balaban J connectivity index is 1.50. The highest BCUT2D eigenvalue weighted by Crippen LogP contribution is 2.32. The van der Waals surface area contributed by atoms with E-state index in [9.17, 15) is 27.6 Å². The van der Waals surface area contributed by atoms with Crippen molar-refractivity contribution < 1.29 is 32.3 Å². The van der Waals surface area contributed by atoms with E-state index in [1.165, 1.54) is 18.3 Å². The number of benzene rings is 1. The standard InChI is InChI=1S/C21H21F3N2O4S/c1-10-3-6-15-12(7-10)8-16(31-15)21(29)30-11(2)20(28)25-9-17(27)26-14-5-4-13(22)18(23)19(14)24/h4-5,8,10-11H,3,6-7,9H2,1-2H3,(H,25,28)(H,26,27). The zero-order chi connectivity index (χ0) is 22.7. The minimum Gasteiger partial charge on any atom is -0.448 e. The molecule has 166 valence electrons. The van der Waals surface area contributed by atoms with Gasteiger partial charge in [0.25, 0.3) is 5.91 Å². The first-order valence-corrected chi connectivity index (χ1v) is 10.5. The number of esters is 1. The van der Waals surface area contributed by atoms with Gasteiger partial charge in [-0.3, -0.25) is 9.59 Å². The van der Waals surface area contributed by atoms with Crippen molar-refractivity contribution in [2.24, 2.45) is 5.92 Å². The third kappa shape index (κ3) is 5.43. The van der Waals surface area contributed by atoms with E-state index in [4.69, 9.17) is 4.74 Å². The van der Waals surface area contributed by atoms with Gasteiger partial charge in [0.05, 0.1) is 12.2 Å². The Hall–Kier alpha value is -2.88. The molecule has 1 aliphatic carbocycles. The fourth-order valence-electron chi connectivity index (χ4n) is 3.21. The molecule has 2 aromatic rings. The summed E-state index contributed by atoms with van der Waals surface area (Å²) in [7, 11) is 0. The zero-order valence-electron chi connectivity index (χ0n) is 16.9. The molecule has 1 aliphatic rings. The van der Waals surface area contributed by atoms with Crippen LogP contribution < -0.4 is 10.6 Å². The van der Waals surface area contributed by atoms with Crippen LogP contribution in [0.1, 0.15) is 40.4 Å². The number of aryl methyl sites for hydroxylation is 1. The summed E-state index contributed by atoms with van der Waals surface area (Å²) in [5, 5.41) is 4.27. The van der Waals surface area contributed by atoms with Crippen LogP contribution in [0.5, 0.6) is 0 Å². The summed E-state index contributed by atoms with van der Waals surface area (Å²) in [5.41, 5.74) is 0.572. The van der Waals surface area contributed by atoms with Crippen LogP contribution in [-0.2, 0) is 27.2 Å². The van der Waals surface area contributed by atoms with Gasteiger partial charge >= 0.3 is 5.97 Å². The Morgan fingerprint density at radius 1 is 1.23 bits per heavy atom. The minimum absolute atomic E-state index is 0.422. The summed E-state index contributed by atoms with van der Waals surface area (Å²) in [6.45, 7) is 2.93. The number of hydrogen-bond acceptors (Lipinski definition) is 5. The third-order valence-corrected chi connectivity index (χ3v) is 6.13. The second-order valence-electron chi connectivity index (χ2n) is 7.44. The SMILES string of the molecule is CC1CCc2sc(C(=O)OC(C)C(=O)NCC(=O)Nc3ccc(F)c(F)c3F)cc2C1. The molecule has 10 heteroatoms. The van der Waals surface area contributed by atoms with E-state index < -0.39 is 53.6 Å². The van der Waals surface area contributed by atoms with Crippen LogP contribution >= 0.6 is 11.3 Å². The van der Waals surface area contributed by atoms with Gasteiger partial charge in [0.1, 0.15) is 4.88 Å². The fraction of sp³-hybridized carbons (Fsp3) is 0.381. The van der Waals surface area contributed by atoms with Crippen molar-refractivity contribution in [3.05, 3.63) is 51.0 Å². The minimum atomic E-state index is -1.72. The number of halogens is 3. The molecule has 0 saturated heterocycles. The number of amides is 2. The Morgan fingerprint density at radius 3 is 2.71 bits per heavy atom. The van der Waals surface area contributed by atoms with E-state index in [1.807, 2.05) is 5.32 Å². The Kier molecular flexibility index (Phi) is 6.99. The van der Waals surface area contributed by atoms with Crippen LogP contribution in [0.15, 0.2) is 18.2 Å². The number of anilines is 1. The maximum Gasteiger partial charge on any atom is 0.349 e. The second kappa shape index (κ2) is 9.51. The van der Waals surface area contributed by atoms with Crippen molar-refractivity contribution >= 4 is 34.8 Å². The zero-order valence-corrected chi connectivity index (χ0v) is 17.7. The van der Waals surface area contributed by atoms with Gasteiger partial charge in [-0.1, -0.05) is 6.92 Å². The molecule has 0 aliphatic heterocycles. The van der Waals surface area contributed by atoms with E-state index >= 15 is 0 Å². The average Bonchev–Trinajstić information content (AvgIpc) is 3.15. The lowest BCUT2D eigenvalue weighted by Gasteiger charge is -2.16. The summed E-state index contributed by atoms with van der Waals surface area (Å²) >= 11 is 1.36. The molecule has 2 unspecified atom stereocenters. The number of thiophene rings is 1. The summed E-state index contributed by atoms with van der Waals surface area (Å²) < 4.78 is 44.9. The van der Waals surface area contributed by atoms with E-state index in [-0.39, 0.29) is 0 Å². The summed E-state index contributed by atoms with van der Waals surface area (Å²) in [4.78, 5) is 37.9. The highest BCUT2D eigenvalue weighted by atomic mass is 32.1. The molecule has 2 atom stereocenters. The van der Waals surface area contributed by atoms with E-state index in [1.54, 1.807) is 6.07 Å². The third-order valence-electron chi connectivity index (χ3n) is 4.92. The van der Waals surface area contributed by atoms with Crippen LogP contribution in [0.2, 0.25) is 0 Å². The van der Waals surface area contributed by atoms with Crippen molar-refractivity contribution in [1.82, 2.24) is 5.32 Å². The molecule has 3 rings (SSSR count). The first-order chi connectivity index (χ1) is 14.7. The number of fused-ring (bicyclic) bond motifs is 1. The monoisotopic (exact) mass is 454 g/mol. The van der Waals surface area contributed by atoms with Gasteiger partial charge in [-0.25, -0.2) is 18.0 Å². The van der Waals surface area contributed by atoms with Gasteiger partial charge in [0, 0.05) is 4.88 Å². The maximum atomic E-state index is 13.6. The van der Waals surface area contributed by atoms with Crippen LogP contribution in [0.3, 0.4) is 0 Å². The predicted molar refractivity (Wildman–Crippen MR) is 108 cm³/mol. The van der Waals surface area contributed by atoms with Crippen molar-refractivity contribution in [2.45, 2.75) is 39.2 Å². The van der Waals surface area contributed by atoms with Gasteiger partial charge in [0.15, 0.2) is 23.6 Å². The van der Waals surface area contributed by atoms with E-state index in [0.717, 1.165) is 35.8 Å². The number of hydrogen-bond donors (Lipinski definition) is 2. The van der Waals surface area contributed by atoms with Crippen molar-refractivity contribution in [2.75, 3.05) is 11.9 Å². The molecule has 0 fully saturated rings. The lowest BCUT2D eigenvalue weighted by atomic mass is 9.90. The molecule has 31 heavy (non-hydrogen) atoms. The lowest BCUT2D eigenvalue weighted by molar-refractivity contribution is -0.130. The van der Waals surface area contributed by atoms with Gasteiger partial charge in [-0.15, -0.1) is 11.3 Å². The molecule has 2 amide bonds. The molecule has 0 spiro atoms. The average molecular weight is 454 g/mol. The molecular formula is C21H21F3N2O4S. The number of ether oxygens (including phenoxy) is 1. The molecule has 1 heterocycles. The normalized spacial score (nSPS) is 16.2. The van der Waals surface area contributed by atoms with Crippen LogP contribution in [0.25, 0.3) is 0 Å². The number of carbonyl (C=O) groups excluding carboxylic acids is 3. The van der Waals surface area contributed by atoms with Crippen LogP contribution in [-0.4, -0.2) is 30.4 Å². The van der Waals surface area contributed by atoms with E-state index in [0.29, 0.717) is 16.9 Å². The molecule has 6 nitrogen and oxygen atoms in total. The molecule has 2 N–H and O–H groups in total. The highest BCUT2D eigenvalue weighted by Gasteiger charge is 2.24. The largest absolute Gasteiger partial charge is 0.448 e. The molecule has 0 radical (unpaired) electrons. The van der Waals surface area contributed by atoms with Crippen molar-refractivity contribution in [1.29, 1.82) is 0 Å². The first kappa shape index (κ1) is 22.8. The number of rotatable bonds is 6. The first-order valence-electron chi connectivity index (χ1n) is 9.69. The summed E-state index contributed by atoms with van der Waals surface area (Å²) in [6, 6.07) is 3.32. The number of carbonyl (C=O) groups is 3. The van der Waals surface area contributed by atoms with Gasteiger partial charge < -0.3 is 15.4 Å². The number of nitrogens with one attached hydrogen (secondary N) is 2. The van der Waals surface area contributed by atoms with Gasteiger partial charge in [0.2, 0.25) is 5.91 Å². The maximum absolute atomic E-state index is 13.6. The Morgan fingerprint density at radius 2 is 1.97 bits per heavy atom. The van der Waals surface area contributed by atoms with Gasteiger partial charge in [-0.2, -0.15) is 0 Å². The highest BCUT2D eigenvalue weighted by molar-refractivity contribution is 7.14. The van der Waals surface area contributed by atoms with Crippen LogP contribution in [0, 0.1) is 23.4 Å². The molecule has 1 aromatic heterocycles. The Bertz CT molecular complexity index is 1020. The topological polar surface area (TPSA) is 84.5 Å². The Labute approximate surface area is 180 Å². The summed E-state index contributed by atoms with van der Waals surface area (Å²) in [6.07, 6.45) is 1.72. The predicted octanol–water partition coefficient (Wildman–Crippen LogP) is 3.59. The van der Waals surface area contributed by atoms with Crippen LogP contribution in [0.4, 0.5) is 18.9 Å². The van der Waals surface area contributed by atoms with Crippen molar-refractivity contribution in [3.8, 4) is 0 Å². The second-order valence-corrected chi connectivity index (χ2v) is 8.58. The van der Waals surface area contributed by atoms with Crippen molar-refractivity contribution in [3.63, 3.8) is 0 Å². The molecular weight excluding hydrogens is 433 g/mol. The summed E-state index contributed by atoms with van der Waals surface area (Å²) in [5.74, 6) is -6.31. The van der Waals surface area contributed by atoms with E-state index in [2.05, 4.69) is 12.2 Å². The molecule has 1 aromatic carbocycles. The smallest absolute Gasteiger partial charge is 0.349 e.